The highest BCUT2D eigenvalue weighted by Crippen LogP contribution is 2.09. The van der Waals surface area contributed by atoms with E-state index in [0.717, 1.165) is 0 Å². The van der Waals surface area contributed by atoms with E-state index >= 15 is 0 Å². The van der Waals surface area contributed by atoms with Gasteiger partial charge in [0.15, 0.2) is 5.69 Å². The number of hydrogen-bond donors (Lipinski definition) is 2. The van der Waals surface area contributed by atoms with Crippen LogP contribution in [0.2, 0.25) is 0 Å². The summed E-state index contributed by atoms with van der Waals surface area (Å²) in [5.41, 5.74) is 5.87. The Bertz CT molecular complexity index is 772. The number of hydrazine groups is 1. The molecular weight excluding hydrogens is 287 g/mol. The van der Waals surface area contributed by atoms with E-state index in [1.165, 1.54) is 16.8 Å². The third-order valence-electron chi connectivity index (χ3n) is 2.77. The van der Waals surface area contributed by atoms with E-state index in [0.29, 0.717) is 5.69 Å². The summed E-state index contributed by atoms with van der Waals surface area (Å²) in [6, 6.07) is 9.00. The van der Waals surface area contributed by atoms with Crippen LogP contribution < -0.4 is 10.9 Å². The second-order valence-electron chi connectivity index (χ2n) is 4.27. The number of carbonyl (C=O) groups excluding carboxylic acids is 1. The number of nitrogens with zero attached hydrogens (tertiary/aromatic N) is 4. The fraction of sp³-hybridized carbons (Fsp3) is 0. The molecule has 0 aliphatic rings. The Labute approximate surface area is 124 Å². The van der Waals surface area contributed by atoms with Gasteiger partial charge >= 0.3 is 0 Å². The summed E-state index contributed by atoms with van der Waals surface area (Å²) in [5.74, 6) is -0.497. The summed E-state index contributed by atoms with van der Waals surface area (Å²) in [5, 5.41) is 4.12. The van der Waals surface area contributed by atoms with Gasteiger partial charge in [-0.25, -0.2) is 19.0 Å². The Kier molecular flexibility index (Phi) is 3.73. The molecule has 2 heterocycles. The lowest BCUT2D eigenvalue weighted by molar-refractivity contribution is 0.0957. The highest BCUT2D eigenvalue weighted by Gasteiger charge is 2.10. The molecule has 0 atom stereocenters. The maximum absolute atomic E-state index is 12.9. The Morgan fingerprint density at radius 1 is 1.09 bits per heavy atom. The molecule has 2 aromatic heterocycles. The fourth-order valence-corrected chi connectivity index (χ4v) is 1.72. The number of anilines is 1. The Hall–Kier alpha value is -3.29. The van der Waals surface area contributed by atoms with Crippen LogP contribution in [0, 0.1) is 5.82 Å². The average molecular weight is 298 g/mol. The number of hydrogen-bond acceptors (Lipinski definition) is 5. The average Bonchev–Trinajstić information content (AvgIpc) is 3.04. The van der Waals surface area contributed by atoms with E-state index in [4.69, 9.17) is 0 Å². The number of amides is 1. The third kappa shape index (κ3) is 3.06. The number of rotatable bonds is 4. The smallest absolute Gasteiger partial charge is 0.266 e. The molecule has 0 aliphatic carbocycles. The molecule has 0 fully saturated rings. The van der Waals surface area contributed by atoms with Crippen molar-refractivity contribution in [3.8, 4) is 5.69 Å². The zero-order chi connectivity index (χ0) is 15.4. The molecule has 1 amide bonds. The summed E-state index contributed by atoms with van der Waals surface area (Å²) in [6.07, 6.45) is 4.71. The summed E-state index contributed by atoms with van der Waals surface area (Å²) < 4.78 is 14.4. The fourth-order valence-electron chi connectivity index (χ4n) is 1.72. The SMILES string of the molecule is O=C(NNc1ncccn1)c1ccn(-c2ccc(F)cc2)n1. The van der Waals surface area contributed by atoms with Gasteiger partial charge in [0, 0.05) is 18.6 Å². The summed E-state index contributed by atoms with van der Waals surface area (Å²) >= 11 is 0. The second-order valence-corrected chi connectivity index (χ2v) is 4.27. The van der Waals surface area contributed by atoms with E-state index in [-0.39, 0.29) is 17.5 Å². The van der Waals surface area contributed by atoms with E-state index in [2.05, 4.69) is 25.9 Å². The lowest BCUT2D eigenvalue weighted by atomic mass is 10.3. The highest BCUT2D eigenvalue weighted by molar-refractivity contribution is 5.92. The number of aromatic nitrogens is 4. The molecule has 1 aromatic carbocycles. The quantitative estimate of drug-likeness (QED) is 0.714. The maximum Gasteiger partial charge on any atom is 0.290 e. The normalized spacial score (nSPS) is 10.2. The molecule has 0 saturated carbocycles. The first-order valence-corrected chi connectivity index (χ1v) is 6.37. The molecular formula is C14H11FN6O. The van der Waals surface area contributed by atoms with Crippen molar-refractivity contribution >= 4 is 11.9 Å². The Balaban J connectivity index is 1.68. The largest absolute Gasteiger partial charge is 0.290 e. The first-order chi connectivity index (χ1) is 10.7. The van der Waals surface area contributed by atoms with Crippen molar-refractivity contribution in [1.29, 1.82) is 0 Å². The molecule has 0 aliphatic heterocycles. The van der Waals surface area contributed by atoms with E-state index in [9.17, 15) is 9.18 Å². The number of carbonyl (C=O) groups is 1. The van der Waals surface area contributed by atoms with Gasteiger partial charge < -0.3 is 0 Å². The van der Waals surface area contributed by atoms with Crippen LogP contribution in [0.4, 0.5) is 10.3 Å². The first kappa shape index (κ1) is 13.7. The zero-order valence-corrected chi connectivity index (χ0v) is 11.3. The Morgan fingerprint density at radius 2 is 1.82 bits per heavy atom. The third-order valence-corrected chi connectivity index (χ3v) is 2.77. The van der Waals surface area contributed by atoms with E-state index in [1.807, 2.05) is 0 Å². The summed E-state index contributed by atoms with van der Waals surface area (Å²) in [7, 11) is 0. The van der Waals surface area contributed by atoms with E-state index < -0.39 is 5.91 Å². The van der Waals surface area contributed by atoms with Crippen molar-refractivity contribution in [3.05, 3.63) is 66.5 Å². The summed E-state index contributed by atoms with van der Waals surface area (Å²) in [6.45, 7) is 0. The molecule has 0 saturated heterocycles. The van der Waals surface area contributed by atoms with Crippen LogP contribution in [-0.2, 0) is 0 Å². The molecule has 0 radical (unpaired) electrons. The van der Waals surface area contributed by atoms with Gasteiger partial charge in [0.05, 0.1) is 5.69 Å². The van der Waals surface area contributed by atoms with Gasteiger partial charge in [0.2, 0.25) is 5.95 Å². The standard InChI is InChI=1S/C14H11FN6O/c15-10-2-4-11(5-3-10)21-9-6-12(20-21)13(22)18-19-14-16-7-1-8-17-14/h1-9H,(H,18,22)(H,16,17,19). The van der Waals surface area contributed by atoms with Crippen molar-refractivity contribution in [1.82, 2.24) is 25.2 Å². The van der Waals surface area contributed by atoms with Crippen LogP contribution in [0.5, 0.6) is 0 Å². The molecule has 22 heavy (non-hydrogen) atoms. The minimum Gasteiger partial charge on any atom is -0.266 e. The van der Waals surface area contributed by atoms with Crippen LogP contribution in [0.15, 0.2) is 55.0 Å². The van der Waals surface area contributed by atoms with Crippen LogP contribution in [-0.4, -0.2) is 25.7 Å². The van der Waals surface area contributed by atoms with Crippen LogP contribution in [0.3, 0.4) is 0 Å². The predicted octanol–water partition coefficient (Wildman–Crippen LogP) is 1.56. The van der Waals surface area contributed by atoms with Crippen molar-refractivity contribution < 1.29 is 9.18 Å². The first-order valence-electron chi connectivity index (χ1n) is 6.37. The minimum atomic E-state index is -0.437. The highest BCUT2D eigenvalue weighted by atomic mass is 19.1. The number of nitrogens with one attached hydrogen (secondary N) is 2. The Morgan fingerprint density at radius 3 is 2.55 bits per heavy atom. The van der Waals surface area contributed by atoms with Crippen molar-refractivity contribution in [2.45, 2.75) is 0 Å². The van der Waals surface area contributed by atoms with Gasteiger partial charge in [0.25, 0.3) is 5.91 Å². The second kappa shape index (κ2) is 6.00. The molecule has 0 spiro atoms. The molecule has 0 bridgehead atoms. The van der Waals surface area contributed by atoms with Crippen molar-refractivity contribution in [3.63, 3.8) is 0 Å². The monoisotopic (exact) mass is 298 g/mol. The van der Waals surface area contributed by atoms with Gasteiger partial charge in [0.1, 0.15) is 5.82 Å². The van der Waals surface area contributed by atoms with Gasteiger partial charge in [-0.3, -0.25) is 15.6 Å². The van der Waals surface area contributed by atoms with Crippen LogP contribution >= 0.6 is 0 Å². The van der Waals surface area contributed by atoms with Crippen molar-refractivity contribution in [2.24, 2.45) is 0 Å². The summed E-state index contributed by atoms with van der Waals surface area (Å²) in [4.78, 5) is 19.8. The van der Waals surface area contributed by atoms with Gasteiger partial charge in [-0.05, 0) is 36.4 Å². The molecule has 7 nitrogen and oxygen atoms in total. The molecule has 3 aromatic rings. The van der Waals surface area contributed by atoms with Crippen molar-refractivity contribution in [2.75, 3.05) is 5.43 Å². The lowest BCUT2D eigenvalue weighted by Crippen LogP contribution is -2.30. The molecule has 110 valence electrons. The van der Waals surface area contributed by atoms with Crippen LogP contribution in [0.25, 0.3) is 5.69 Å². The molecule has 8 heteroatoms. The molecule has 3 rings (SSSR count). The topological polar surface area (TPSA) is 84.7 Å². The molecule has 0 unspecified atom stereocenters. The zero-order valence-electron chi connectivity index (χ0n) is 11.3. The predicted molar refractivity (Wildman–Crippen MR) is 76.6 cm³/mol. The molecule has 2 N–H and O–H groups in total. The maximum atomic E-state index is 12.9. The number of halogens is 1. The van der Waals surface area contributed by atoms with Gasteiger partial charge in [-0.2, -0.15) is 5.10 Å². The minimum absolute atomic E-state index is 0.202. The van der Waals surface area contributed by atoms with Gasteiger partial charge in [-0.1, -0.05) is 0 Å². The number of benzene rings is 1. The van der Waals surface area contributed by atoms with Crippen LogP contribution in [0.1, 0.15) is 10.5 Å². The van der Waals surface area contributed by atoms with Gasteiger partial charge in [-0.15, -0.1) is 0 Å². The van der Waals surface area contributed by atoms with E-state index in [1.54, 1.807) is 42.9 Å². The lowest BCUT2D eigenvalue weighted by Gasteiger charge is -2.04.